The quantitative estimate of drug-likeness (QED) is 0.830. The molecular formula is C18H23N5O. The van der Waals surface area contributed by atoms with Crippen LogP contribution in [0.2, 0.25) is 0 Å². The molecule has 1 aromatic heterocycles. The number of aromatic nitrogens is 1. The maximum absolute atomic E-state index is 12.2. The molecule has 6 nitrogen and oxygen atoms in total. The Hall–Kier alpha value is -2.60. The lowest BCUT2D eigenvalue weighted by Crippen LogP contribution is -2.44. The first-order valence-corrected chi connectivity index (χ1v) is 8.14. The second-order valence-electron chi connectivity index (χ2n) is 6.12. The molecule has 1 aliphatic rings. The lowest BCUT2D eigenvalue weighted by molar-refractivity contribution is 0.0951. The fourth-order valence-corrected chi connectivity index (χ4v) is 2.74. The fraction of sp³-hybridized carbons (Fsp3) is 0.333. The number of anilines is 2. The molecule has 0 radical (unpaired) electrons. The monoisotopic (exact) mass is 325 g/mol. The molecular weight excluding hydrogens is 302 g/mol. The van der Waals surface area contributed by atoms with Gasteiger partial charge in [0.05, 0.1) is 0 Å². The fourth-order valence-electron chi connectivity index (χ4n) is 2.74. The number of pyridine rings is 1. The van der Waals surface area contributed by atoms with Crippen molar-refractivity contribution in [2.75, 3.05) is 43.9 Å². The van der Waals surface area contributed by atoms with E-state index in [0.29, 0.717) is 17.8 Å². The molecule has 3 N–H and O–H groups in total. The van der Waals surface area contributed by atoms with Crippen LogP contribution in [0.5, 0.6) is 0 Å². The Morgan fingerprint density at radius 3 is 2.75 bits per heavy atom. The number of rotatable bonds is 4. The number of nitrogens with two attached hydrogens (primary N) is 1. The summed E-state index contributed by atoms with van der Waals surface area (Å²) in [7, 11) is 2.13. The van der Waals surface area contributed by atoms with Crippen molar-refractivity contribution in [2.24, 2.45) is 0 Å². The average molecular weight is 325 g/mol. The molecule has 1 amide bonds. The number of piperazine rings is 1. The number of nitrogens with zero attached hydrogens (tertiary/aromatic N) is 3. The molecule has 0 saturated carbocycles. The molecule has 6 heteroatoms. The molecule has 1 aliphatic heterocycles. The lowest BCUT2D eigenvalue weighted by Gasteiger charge is -2.33. The number of carbonyl (C=O) groups excluding carboxylic acids is 1. The van der Waals surface area contributed by atoms with Gasteiger partial charge >= 0.3 is 0 Å². The zero-order valence-corrected chi connectivity index (χ0v) is 13.9. The third-order valence-electron chi connectivity index (χ3n) is 4.24. The van der Waals surface area contributed by atoms with Gasteiger partial charge in [-0.1, -0.05) is 6.07 Å². The second kappa shape index (κ2) is 7.31. The van der Waals surface area contributed by atoms with E-state index in [1.54, 1.807) is 30.5 Å². The van der Waals surface area contributed by atoms with Gasteiger partial charge in [0, 0.05) is 50.2 Å². The van der Waals surface area contributed by atoms with Crippen LogP contribution < -0.4 is 16.0 Å². The predicted octanol–water partition coefficient (Wildman–Crippen LogP) is 1.35. The Balaban J connectivity index is 1.61. The van der Waals surface area contributed by atoms with Gasteiger partial charge in [0.2, 0.25) is 0 Å². The molecule has 0 atom stereocenters. The van der Waals surface area contributed by atoms with E-state index in [2.05, 4.69) is 27.1 Å². The number of benzene rings is 1. The molecule has 2 aromatic rings. The van der Waals surface area contributed by atoms with Crippen molar-refractivity contribution in [1.29, 1.82) is 0 Å². The molecule has 0 bridgehead atoms. The Kier molecular flexibility index (Phi) is 4.96. The summed E-state index contributed by atoms with van der Waals surface area (Å²) >= 11 is 0. The van der Waals surface area contributed by atoms with E-state index in [4.69, 9.17) is 5.73 Å². The van der Waals surface area contributed by atoms with Crippen LogP contribution in [0.25, 0.3) is 0 Å². The summed E-state index contributed by atoms with van der Waals surface area (Å²) in [6.45, 7) is 4.50. The van der Waals surface area contributed by atoms with Gasteiger partial charge in [-0.2, -0.15) is 0 Å². The molecule has 1 fully saturated rings. The smallest absolute Gasteiger partial charge is 0.251 e. The van der Waals surface area contributed by atoms with E-state index < -0.39 is 0 Å². The highest BCUT2D eigenvalue weighted by Gasteiger charge is 2.15. The van der Waals surface area contributed by atoms with Crippen LogP contribution in [0, 0.1) is 0 Å². The number of nitrogens with one attached hydrogen (secondary N) is 1. The molecule has 126 valence electrons. The van der Waals surface area contributed by atoms with E-state index in [9.17, 15) is 4.79 Å². The first kappa shape index (κ1) is 16.3. The number of amides is 1. The number of hydrogen-bond donors (Lipinski definition) is 2. The molecule has 0 spiro atoms. The van der Waals surface area contributed by atoms with E-state index >= 15 is 0 Å². The third kappa shape index (κ3) is 4.02. The van der Waals surface area contributed by atoms with E-state index in [0.717, 1.165) is 37.6 Å². The van der Waals surface area contributed by atoms with Gasteiger partial charge in [0.25, 0.3) is 5.91 Å². The minimum atomic E-state index is -0.125. The normalized spacial score (nSPS) is 15.3. The summed E-state index contributed by atoms with van der Waals surface area (Å²) in [5.74, 6) is 0.846. The first-order chi connectivity index (χ1) is 11.6. The highest BCUT2D eigenvalue weighted by Crippen LogP contribution is 2.15. The first-order valence-electron chi connectivity index (χ1n) is 8.14. The Bertz CT molecular complexity index is 710. The summed E-state index contributed by atoms with van der Waals surface area (Å²) in [5.41, 5.74) is 7.92. The van der Waals surface area contributed by atoms with Crippen molar-refractivity contribution in [3.63, 3.8) is 0 Å². The molecule has 3 rings (SSSR count). The van der Waals surface area contributed by atoms with Crippen molar-refractivity contribution in [3.8, 4) is 0 Å². The molecule has 1 saturated heterocycles. The van der Waals surface area contributed by atoms with Gasteiger partial charge in [0.1, 0.15) is 5.82 Å². The van der Waals surface area contributed by atoms with Crippen molar-refractivity contribution < 1.29 is 4.79 Å². The SMILES string of the molecule is CN1CCN(c2cc(CNC(=O)c3cccc(N)c3)ccn2)CC1. The highest BCUT2D eigenvalue weighted by molar-refractivity contribution is 5.94. The van der Waals surface area contributed by atoms with Crippen LogP contribution in [0.1, 0.15) is 15.9 Å². The Morgan fingerprint density at radius 2 is 2.00 bits per heavy atom. The lowest BCUT2D eigenvalue weighted by atomic mass is 10.2. The summed E-state index contributed by atoms with van der Waals surface area (Å²) in [4.78, 5) is 21.3. The predicted molar refractivity (Wildman–Crippen MR) is 96.0 cm³/mol. The average Bonchev–Trinajstić information content (AvgIpc) is 2.60. The van der Waals surface area contributed by atoms with Crippen LogP contribution in [0.4, 0.5) is 11.5 Å². The van der Waals surface area contributed by atoms with Crippen molar-refractivity contribution >= 4 is 17.4 Å². The topological polar surface area (TPSA) is 74.5 Å². The van der Waals surface area contributed by atoms with E-state index in [-0.39, 0.29) is 5.91 Å². The van der Waals surface area contributed by atoms with Crippen molar-refractivity contribution in [2.45, 2.75) is 6.54 Å². The van der Waals surface area contributed by atoms with Gasteiger partial charge < -0.3 is 20.9 Å². The summed E-state index contributed by atoms with van der Waals surface area (Å²) in [6, 6.07) is 11.0. The van der Waals surface area contributed by atoms with Crippen LogP contribution >= 0.6 is 0 Å². The highest BCUT2D eigenvalue weighted by atomic mass is 16.1. The molecule has 0 unspecified atom stereocenters. The number of hydrogen-bond acceptors (Lipinski definition) is 5. The van der Waals surface area contributed by atoms with Gasteiger partial charge in [-0.25, -0.2) is 4.98 Å². The van der Waals surface area contributed by atoms with Crippen molar-refractivity contribution in [3.05, 3.63) is 53.7 Å². The molecule has 0 aliphatic carbocycles. The minimum absolute atomic E-state index is 0.125. The van der Waals surface area contributed by atoms with Gasteiger partial charge in [0.15, 0.2) is 0 Å². The molecule has 24 heavy (non-hydrogen) atoms. The molecule has 2 heterocycles. The minimum Gasteiger partial charge on any atom is -0.399 e. The second-order valence-corrected chi connectivity index (χ2v) is 6.12. The van der Waals surface area contributed by atoms with E-state index in [1.807, 2.05) is 12.1 Å². The summed E-state index contributed by atoms with van der Waals surface area (Å²) < 4.78 is 0. The zero-order valence-electron chi connectivity index (χ0n) is 13.9. The van der Waals surface area contributed by atoms with Crippen LogP contribution in [-0.4, -0.2) is 49.0 Å². The Morgan fingerprint density at radius 1 is 1.21 bits per heavy atom. The Labute approximate surface area is 142 Å². The van der Waals surface area contributed by atoms with Crippen LogP contribution in [-0.2, 0) is 6.54 Å². The number of nitrogen functional groups attached to an aromatic ring is 1. The summed E-state index contributed by atoms with van der Waals surface area (Å²) in [6.07, 6.45) is 1.80. The van der Waals surface area contributed by atoms with Gasteiger partial charge in [-0.05, 0) is 42.9 Å². The number of likely N-dealkylation sites (N-methyl/N-ethyl adjacent to an activating group) is 1. The van der Waals surface area contributed by atoms with Crippen molar-refractivity contribution in [1.82, 2.24) is 15.2 Å². The zero-order chi connectivity index (χ0) is 16.9. The maximum atomic E-state index is 12.2. The number of carbonyl (C=O) groups is 1. The maximum Gasteiger partial charge on any atom is 0.251 e. The van der Waals surface area contributed by atoms with Crippen LogP contribution in [0.3, 0.4) is 0 Å². The van der Waals surface area contributed by atoms with Crippen LogP contribution in [0.15, 0.2) is 42.6 Å². The summed E-state index contributed by atoms with van der Waals surface area (Å²) in [5, 5.41) is 2.93. The molecule has 1 aromatic carbocycles. The largest absolute Gasteiger partial charge is 0.399 e. The van der Waals surface area contributed by atoms with Gasteiger partial charge in [-0.15, -0.1) is 0 Å². The standard InChI is InChI=1S/C18H23N5O/c1-22-7-9-23(10-8-22)17-11-14(5-6-20-17)13-21-18(24)15-3-2-4-16(19)12-15/h2-6,11-12H,7-10,13,19H2,1H3,(H,21,24). The van der Waals surface area contributed by atoms with E-state index in [1.165, 1.54) is 0 Å². The van der Waals surface area contributed by atoms with Gasteiger partial charge in [-0.3, -0.25) is 4.79 Å². The third-order valence-corrected chi connectivity index (χ3v) is 4.24.